The van der Waals surface area contributed by atoms with Gasteiger partial charge >= 0.3 is 5.97 Å². The lowest BCUT2D eigenvalue weighted by atomic mass is 9.84. The number of hydrogen-bond donors (Lipinski definition) is 2. The molecule has 6 nitrogen and oxygen atoms in total. The number of pyridine rings is 1. The number of aromatic amines is 1. The first kappa shape index (κ1) is 15.3. The zero-order valence-corrected chi connectivity index (χ0v) is 12.0. The van der Waals surface area contributed by atoms with Gasteiger partial charge in [0.2, 0.25) is 0 Å². The Morgan fingerprint density at radius 1 is 1.52 bits per heavy atom. The predicted octanol–water partition coefficient (Wildman–Crippen LogP) is 1.34. The molecule has 6 heteroatoms. The van der Waals surface area contributed by atoms with Gasteiger partial charge in [0.25, 0.3) is 11.5 Å². The number of carbonyl (C=O) groups is 2. The summed E-state index contributed by atoms with van der Waals surface area (Å²) in [6.07, 6.45) is 3.36. The van der Waals surface area contributed by atoms with E-state index in [9.17, 15) is 14.4 Å². The zero-order valence-electron chi connectivity index (χ0n) is 12.0. The number of piperidine rings is 1. The van der Waals surface area contributed by atoms with E-state index in [0.29, 0.717) is 13.1 Å². The molecule has 2 unspecified atom stereocenters. The van der Waals surface area contributed by atoms with Crippen LogP contribution in [-0.2, 0) is 4.79 Å². The second-order valence-corrected chi connectivity index (χ2v) is 5.64. The summed E-state index contributed by atoms with van der Waals surface area (Å²) < 4.78 is 0. The minimum atomic E-state index is -0.814. The molecule has 2 heterocycles. The van der Waals surface area contributed by atoms with Crippen LogP contribution in [0.15, 0.2) is 23.1 Å². The number of aliphatic carboxylic acids is 1. The molecule has 1 amide bonds. The van der Waals surface area contributed by atoms with Crippen molar-refractivity contribution in [1.29, 1.82) is 0 Å². The Balaban J connectivity index is 2.07. The summed E-state index contributed by atoms with van der Waals surface area (Å²) in [4.78, 5) is 39.1. The van der Waals surface area contributed by atoms with Crippen molar-refractivity contribution in [2.75, 3.05) is 13.1 Å². The third-order valence-electron chi connectivity index (χ3n) is 4.09. The summed E-state index contributed by atoms with van der Waals surface area (Å²) >= 11 is 0. The van der Waals surface area contributed by atoms with Crippen molar-refractivity contribution in [3.05, 3.63) is 34.2 Å². The molecule has 0 aliphatic carbocycles. The highest BCUT2D eigenvalue weighted by molar-refractivity contribution is 5.93. The number of amides is 1. The van der Waals surface area contributed by atoms with Gasteiger partial charge in [0, 0.05) is 25.7 Å². The predicted molar refractivity (Wildman–Crippen MR) is 77.1 cm³/mol. The summed E-state index contributed by atoms with van der Waals surface area (Å²) in [5.41, 5.74) is -0.243. The quantitative estimate of drug-likeness (QED) is 0.876. The summed E-state index contributed by atoms with van der Waals surface area (Å²) in [6.45, 7) is 3.03. The highest BCUT2D eigenvalue weighted by Gasteiger charge is 2.29. The van der Waals surface area contributed by atoms with Gasteiger partial charge in [-0.05, 0) is 36.8 Å². The molecular weight excluding hydrogens is 272 g/mol. The monoisotopic (exact) mass is 292 g/mol. The largest absolute Gasteiger partial charge is 0.481 e. The summed E-state index contributed by atoms with van der Waals surface area (Å²) in [6, 6.07) is 3.15. The first-order valence-corrected chi connectivity index (χ1v) is 7.18. The van der Waals surface area contributed by atoms with Gasteiger partial charge in [0.15, 0.2) is 0 Å². The van der Waals surface area contributed by atoms with E-state index in [-0.39, 0.29) is 35.3 Å². The molecule has 1 aliphatic heterocycles. The van der Waals surface area contributed by atoms with Crippen LogP contribution in [0, 0.1) is 11.8 Å². The Morgan fingerprint density at radius 2 is 2.29 bits per heavy atom. The number of carboxylic acids is 1. The minimum absolute atomic E-state index is 0.0205. The van der Waals surface area contributed by atoms with E-state index >= 15 is 0 Å². The smallest absolute Gasteiger partial charge is 0.303 e. The first-order valence-electron chi connectivity index (χ1n) is 7.18. The number of nitrogens with zero attached hydrogens (tertiary/aromatic N) is 1. The van der Waals surface area contributed by atoms with Gasteiger partial charge in [-0.1, -0.05) is 6.92 Å². The Labute approximate surface area is 122 Å². The molecule has 1 aromatic rings. The van der Waals surface area contributed by atoms with Crippen molar-refractivity contribution in [3.8, 4) is 0 Å². The molecule has 1 aromatic heterocycles. The lowest BCUT2D eigenvalue weighted by Gasteiger charge is -2.35. The van der Waals surface area contributed by atoms with E-state index in [0.717, 1.165) is 12.8 Å². The highest BCUT2D eigenvalue weighted by atomic mass is 16.4. The van der Waals surface area contributed by atoms with Crippen LogP contribution in [0.25, 0.3) is 0 Å². The Morgan fingerprint density at radius 3 is 2.95 bits per heavy atom. The highest BCUT2D eigenvalue weighted by Crippen LogP contribution is 2.26. The van der Waals surface area contributed by atoms with Crippen molar-refractivity contribution < 1.29 is 14.7 Å². The van der Waals surface area contributed by atoms with E-state index in [1.165, 1.54) is 12.3 Å². The summed E-state index contributed by atoms with van der Waals surface area (Å²) in [5, 5.41) is 8.88. The topological polar surface area (TPSA) is 90.5 Å². The molecule has 0 aromatic carbocycles. The van der Waals surface area contributed by atoms with Gasteiger partial charge in [-0.2, -0.15) is 0 Å². The van der Waals surface area contributed by atoms with Crippen LogP contribution < -0.4 is 5.56 Å². The number of H-pyrrole nitrogens is 1. The number of nitrogens with one attached hydrogen (secondary N) is 1. The van der Waals surface area contributed by atoms with E-state index in [1.807, 2.05) is 6.92 Å². The Hall–Kier alpha value is -2.11. The van der Waals surface area contributed by atoms with Gasteiger partial charge in [-0.15, -0.1) is 0 Å². The van der Waals surface area contributed by atoms with Crippen LogP contribution in [0.2, 0.25) is 0 Å². The average Bonchev–Trinajstić information content (AvgIpc) is 2.46. The fourth-order valence-electron chi connectivity index (χ4n) is 2.86. The molecule has 1 fully saturated rings. The van der Waals surface area contributed by atoms with Crippen LogP contribution in [0.4, 0.5) is 0 Å². The van der Waals surface area contributed by atoms with Crippen LogP contribution in [0.1, 0.15) is 36.5 Å². The maximum atomic E-state index is 12.4. The number of aromatic nitrogens is 1. The maximum Gasteiger partial charge on any atom is 0.303 e. The van der Waals surface area contributed by atoms with E-state index in [4.69, 9.17) is 5.11 Å². The molecule has 2 rings (SSSR count). The van der Waals surface area contributed by atoms with Crippen LogP contribution >= 0.6 is 0 Å². The molecule has 1 aliphatic rings. The second-order valence-electron chi connectivity index (χ2n) is 5.64. The number of rotatable bonds is 4. The van der Waals surface area contributed by atoms with Gasteiger partial charge in [-0.25, -0.2) is 0 Å². The maximum absolute atomic E-state index is 12.4. The second kappa shape index (κ2) is 6.56. The normalized spacial score (nSPS) is 20.0. The number of hydrogen-bond acceptors (Lipinski definition) is 3. The van der Waals surface area contributed by atoms with Crippen molar-refractivity contribution in [3.63, 3.8) is 0 Å². The molecule has 2 N–H and O–H groups in total. The molecule has 114 valence electrons. The third-order valence-corrected chi connectivity index (χ3v) is 4.09. The lowest BCUT2D eigenvalue weighted by molar-refractivity contribution is -0.138. The van der Waals surface area contributed by atoms with Crippen molar-refractivity contribution in [2.24, 2.45) is 11.8 Å². The average molecular weight is 292 g/mol. The van der Waals surface area contributed by atoms with Gasteiger partial charge in [0.05, 0.1) is 0 Å². The van der Waals surface area contributed by atoms with Gasteiger partial charge in [-0.3, -0.25) is 14.4 Å². The minimum Gasteiger partial charge on any atom is -0.481 e. The molecule has 2 atom stereocenters. The van der Waals surface area contributed by atoms with E-state index in [1.54, 1.807) is 11.0 Å². The van der Waals surface area contributed by atoms with Crippen LogP contribution in [0.3, 0.4) is 0 Å². The fraction of sp³-hybridized carbons (Fsp3) is 0.533. The Kier molecular flexibility index (Phi) is 4.77. The van der Waals surface area contributed by atoms with Crippen molar-refractivity contribution in [2.45, 2.75) is 26.2 Å². The lowest BCUT2D eigenvalue weighted by Crippen LogP contribution is -2.43. The molecule has 0 spiro atoms. The molecule has 0 radical (unpaired) electrons. The SMILES string of the molecule is CC(CC(=O)O)C1CCCN(C(=O)c2ccc[nH]c2=O)C1. The number of carboxylic acid groups (broad SMARTS) is 1. The summed E-state index contributed by atoms with van der Waals surface area (Å²) in [7, 11) is 0. The van der Waals surface area contributed by atoms with E-state index < -0.39 is 5.97 Å². The first-order chi connectivity index (χ1) is 9.99. The molecule has 0 saturated carbocycles. The number of likely N-dealkylation sites (tertiary alicyclic amines) is 1. The molecule has 21 heavy (non-hydrogen) atoms. The standard InChI is InChI=1S/C15H20N2O4/c1-10(8-13(18)19)11-4-3-7-17(9-11)15(21)12-5-2-6-16-14(12)20/h2,5-6,10-11H,3-4,7-9H2,1H3,(H,16,20)(H,18,19). The van der Waals surface area contributed by atoms with Crippen molar-refractivity contribution in [1.82, 2.24) is 9.88 Å². The molecule has 0 bridgehead atoms. The molecule has 1 saturated heterocycles. The fourth-order valence-corrected chi connectivity index (χ4v) is 2.86. The van der Waals surface area contributed by atoms with Crippen LogP contribution in [-0.4, -0.2) is 40.0 Å². The van der Waals surface area contributed by atoms with Gasteiger partial charge in [0.1, 0.15) is 5.56 Å². The number of carbonyl (C=O) groups excluding carboxylic acids is 1. The van der Waals surface area contributed by atoms with Crippen molar-refractivity contribution >= 4 is 11.9 Å². The zero-order chi connectivity index (χ0) is 15.4. The summed E-state index contributed by atoms with van der Waals surface area (Å²) in [5.74, 6) is -0.900. The van der Waals surface area contributed by atoms with E-state index in [2.05, 4.69) is 4.98 Å². The van der Waals surface area contributed by atoms with Gasteiger partial charge < -0.3 is 15.0 Å². The third kappa shape index (κ3) is 3.71. The molecular formula is C15H20N2O4. The van der Waals surface area contributed by atoms with Crippen LogP contribution in [0.5, 0.6) is 0 Å². The Bertz CT molecular complexity index is 581.